The molecule has 0 spiro atoms. The Bertz CT molecular complexity index is 649. The van der Waals surface area contributed by atoms with Gasteiger partial charge in [-0.15, -0.1) is 0 Å². The Labute approximate surface area is 122 Å². The highest BCUT2D eigenvalue weighted by atomic mass is 79.9. The van der Waals surface area contributed by atoms with Gasteiger partial charge in [-0.2, -0.15) is 0 Å². The van der Waals surface area contributed by atoms with Crippen LogP contribution in [0.2, 0.25) is 5.02 Å². The number of nitrogens with one attached hydrogen (secondary N) is 1. The molecule has 0 radical (unpaired) electrons. The van der Waals surface area contributed by atoms with Crippen molar-refractivity contribution in [1.82, 2.24) is 0 Å². The first-order chi connectivity index (χ1) is 8.99. The fraction of sp³-hybridized carbons (Fsp3) is 0. The molecule has 2 aromatic carbocycles. The van der Waals surface area contributed by atoms with Gasteiger partial charge in [0.15, 0.2) is 0 Å². The van der Waals surface area contributed by atoms with E-state index >= 15 is 0 Å². The maximum atomic E-state index is 13.3. The summed E-state index contributed by atoms with van der Waals surface area (Å²) in [4.78, 5) is 12.0. The normalized spacial score (nSPS) is 10.3. The second-order valence-electron chi connectivity index (χ2n) is 3.78. The Hall–Kier alpha value is -1.59. The minimum Gasteiger partial charge on any atom is -0.396 e. The molecule has 0 saturated carbocycles. The number of hydrogen-bond acceptors (Lipinski definition) is 2. The van der Waals surface area contributed by atoms with Crippen LogP contribution < -0.4 is 11.1 Å². The lowest BCUT2D eigenvalue weighted by atomic mass is 10.1. The number of anilines is 2. The minimum atomic E-state index is -0.627. The van der Waals surface area contributed by atoms with Crippen LogP contribution in [0.15, 0.2) is 40.9 Å². The number of benzene rings is 2. The van der Waals surface area contributed by atoms with Gasteiger partial charge in [-0.25, -0.2) is 4.39 Å². The quantitative estimate of drug-likeness (QED) is 0.807. The number of nitrogens with two attached hydrogens (primary N) is 1. The Balaban J connectivity index is 2.31. The molecule has 0 aliphatic carbocycles. The van der Waals surface area contributed by atoms with Crippen molar-refractivity contribution in [3.05, 3.63) is 57.3 Å². The van der Waals surface area contributed by atoms with Crippen LogP contribution in [0, 0.1) is 5.82 Å². The van der Waals surface area contributed by atoms with E-state index in [0.717, 1.165) is 0 Å². The number of para-hydroxylation sites is 1. The van der Waals surface area contributed by atoms with E-state index in [-0.39, 0.29) is 11.3 Å². The van der Waals surface area contributed by atoms with E-state index in [1.165, 1.54) is 18.2 Å². The van der Waals surface area contributed by atoms with E-state index in [4.69, 9.17) is 17.3 Å². The van der Waals surface area contributed by atoms with Crippen LogP contribution in [-0.4, -0.2) is 5.91 Å². The van der Waals surface area contributed by atoms with Gasteiger partial charge in [0.05, 0.1) is 16.9 Å². The second kappa shape index (κ2) is 5.59. The molecular weight excluding hydrogens is 335 g/mol. The van der Waals surface area contributed by atoms with Crippen LogP contribution in [0.3, 0.4) is 0 Å². The molecule has 0 bridgehead atoms. The molecule has 0 heterocycles. The number of nitrogen functional groups attached to an aromatic ring is 1. The third-order valence-corrected chi connectivity index (χ3v) is 3.40. The molecule has 19 heavy (non-hydrogen) atoms. The van der Waals surface area contributed by atoms with Gasteiger partial charge in [0, 0.05) is 9.50 Å². The number of amides is 1. The minimum absolute atomic E-state index is 0.0758. The van der Waals surface area contributed by atoms with Crippen molar-refractivity contribution >= 4 is 44.8 Å². The molecule has 0 aliphatic heterocycles. The van der Waals surface area contributed by atoms with Gasteiger partial charge < -0.3 is 11.1 Å². The summed E-state index contributed by atoms with van der Waals surface area (Å²) in [6, 6.07) is 9.03. The molecule has 0 atom stereocenters. The van der Waals surface area contributed by atoms with Crippen molar-refractivity contribution in [3.63, 3.8) is 0 Å². The smallest absolute Gasteiger partial charge is 0.257 e. The molecule has 2 aromatic rings. The lowest BCUT2D eigenvalue weighted by Crippen LogP contribution is -2.15. The molecule has 3 N–H and O–H groups in total. The second-order valence-corrected chi connectivity index (χ2v) is 5.07. The van der Waals surface area contributed by atoms with Crippen molar-refractivity contribution in [2.45, 2.75) is 0 Å². The van der Waals surface area contributed by atoms with Crippen molar-refractivity contribution in [3.8, 4) is 0 Å². The van der Waals surface area contributed by atoms with E-state index < -0.39 is 11.7 Å². The first-order valence-electron chi connectivity index (χ1n) is 5.29. The molecule has 1 amide bonds. The van der Waals surface area contributed by atoms with E-state index in [9.17, 15) is 9.18 Å². The fourth-order valence-corrected chi connectivity index (χ4v) is 2.04. The summed E-state index contributed by atoms with van der Waals surface area (Å²) in [6.07, 6.45) is 0. The molecule has 6 heteroatoms. The predicted molar refractivity (Wildman–Crippen MR) is 77.9 cm³/mol. The van der Waals surface area contributed by atoms with Gasteiger partial charge in [0.25, 0.3) is 5.91 Å². The van der Waals surface area contributed by atoms with Crippen LogP contribution in [0.4, 0.5) is 15.8 Å². The van der Waals surface area contributed by atoms with Gasteiger partial charge in [0.2, 0.25) is 0 Å². The maximum Gasteiger partial charge on any atom is 0.257 e. The number of halogens is 3. The summed E-state index contributed by atoms with van der Waals surface area (Å²) in [6.45, 7) is 0. The first-order valence-corrected chi connectivity index (χ1v) is 6.46. The average molecular weight is 344 g/mol. The Morgan fingerprint density at radius 1 is 1.32 bits per heavy atom. The lowest BCUT2D eigenvalue weighted by molar-refractivity contribution is 0.102. The molecular formula is C13H9BrClFN2O. The highest BCUT2D eigenvalue weighted by Crippen LogP contribution is 2.27. The van der Waals surface area contributed by atoms with E-state index in [1.54, 1.807) is 18.2 Å². The van der Waals surface area contributed by atoms with Gasteiger partial charge >= 0.3 is 0 Å². The van der Waals surface area contributed by atoms with Gasteiger partial charge in [-0.3, -0.25) is 4.79 Å². The molecule has 3 nitrogen and oxygen atoms in total. The van der Waals surface area contributed by atoms with Crippen molar-refractivity contribution in [2.75, 3.05) is 11.1 Å². The number of carbonyl (C=O) groups excluding carboxylic acids is 1. The zero-order valence-electron chi connectivity index (χ0n) is 9.58. The summed E-state index contributed by atoms with van der Waals surface area (Å²) in [5.41, 5.74) is 5.91. The van der Waals surface area contributed by atoms with E-state index in [0.29, 0.717) is 15.2 Å². The first kappa shape index (κ1) is 13.8. The molecule has 98 valence electrons. The summed E-state index contributed by atoms with van der Waals surface area (Å²) < 4.78 is 14.0. The number of hydrogen-bond donors (Lipinski definition) is 2. The average Bonchev–Trinajstić information content (AvgIpc) is 2.37. The largest absolute Gasteiger partial charge is 0.396 e. The zero-order chi connectivity index (χ0) is 14.0. The molecule has 0 fully saturated rings. The molecule has 0 unspecified atom stereocenters. The molecule has 0 aliphatic rings. The van der Waals surface area contributed by atoms with E-state index in [1.807, 2.05) is 0 Å². The van der Waals surface area contributed by atoms with Crippen LogP contribution in [0.25, 0.3) is 0 Å². The van der Waals surface area contributed by atoms with Gasteiger partial charge in [0.1, 0.15) is 5.82 Å². The van der Waals surface area contributed by atoms with Gasteiger partial charge in [-0.1, -0.05) is 17.7 Å². The summed E-state index contributed by atoms with van der Waals surface area (Å²) in [5, 5.41) is 3.10. The van der Waals surface area contributed by atoms with Crippen LogP contribution >= 0.6 is 27.5 Å². The highest BCUT2D eigenvalue weighted by Gasteiger charge is 2.14. The molecule has 0 saturated heterocycles. The fourth-order valence-electron chi connectivity index (χ4n) is 1.52. The summed E-state index contributed by atoms with van der Waals surface area (Å²) in [5.74, 6) is -1.13. The molecule has 0 aromatic heterocycles. The summed E-state index contributed by atoms with van der Waals surface area (Å²) in [7, 11) is 0. The lowest BCUT2D eigenvalue weighted by Gasteiger charge is -2.09. The maximum absolute atomic E-state index is 13.3. The van der Waals surface area contributed by atoms with Crippen LogP contribution in [0.1, 0.15) is 10.4 Å². The van der Waals surface area contributed by atoms with Crippen LogP contribution in [-0.2, 0) is 0 Å². The Morgan fingerprint density at radius 2 is 2.05 bits per heavy atom. The monoisotopic (exact) mass is 342 g/mol. The number of carbonyl (C=O) groups is 1. The predicted octanol–water partition coefficient (Wildman–Crippen LogP) is 4.08. The third kappa shape index (κ3) is 3.05. The van der Waals surface area contributed by atoms with Gasteiger partial charge in [-0.05, 0) is 46.3 Å². The van der Waals surface area contributed by atoms with Crippen molar-refractivity contribution in [2.24, 2.45) is 0 Å². The Kier molecular flexibility index (Phi) is 4.07. The summed E-state index contributed by atoms with van der Waals surface area (Å²) >= 11 is 9.13. The van der Waals surface area contributed by atoms with Crippen molar-refractivity contribution in [1.29, 1.82) is 0 Å². The topological polar surface area (TPSA) is 55.1 Å². The zero-order valence-corrected chi connectivity index (χ0v) is 11.9. The standard InChI is InChI=1S/C13H9BrClFN2O/c14-9-5-4-7(15)6-11(9)18-13(19)8-2-1-3-10(16)12(8)17/h1-6H,17H2,(H,18,19). The number of rotatable bonds is 2. The SMILES string of the molecule is Nc1c(F)cccc1C(=O)Nc1cc(Cl)ccc1Br. The third-order valence-electron chi connectivity index (χ3n) is 2.47. The van der Waals surface area contributed by atoms with Crippen LogP contribution in [0.5, 0.6) is 0 Å². The van der Waals surface area contributed by atoms with Crippen molar-refractivity contribution < 1.29 is 9.18 Å². The highest BCUT2D eigenvalue weighted by molar-refractivity contribution is 9.10. The Morgan fingerprint density at radius 3 is 2.79 bits per heavy atom. The molecule has 2 rings (SSSR count). The van der Waals surface area contributed by atoms with E-state index in [2.05, 4.69) is 21.2 Å².